The highest BCUT2D eigenvalue weighted by molar-refractivity contribution is 5.71. The predicted octanol–water partition coefficient (Wildman–Crippen LogP) is 17.3. The van der Waals surface area contributed by atoms with Gasteiger partial charge in [0.05, 0.1) is 0 Å². The minimum Gasteiger partial charge on any atom is -0.462 e. The van der Waals surface area contributed by atoms with Crippen molar-refractivity contribution < 1.29 is 28.6 Å². The van der Waals surface area contributed by atoms with E-state index in [-0.39, 0.29) is 37.5 Å². The normalized spacial score (nSPS) is 13.1. The van der Waals surface area contributed by atoms with Gasteiger partial charge in [-0.25, -0.2) is 0 Å². The highest BCUT2D eigenvalue weighted by Gasteiger charge is 2.19. The Morgan fingerprint density at radius 1 is 0.323 bits per heavy atom. The smallest absolute Gasteiger partial charge is 0.306 e. The van der Waals surface area contributed by atoms with Crippen molar-refractivity contribution in [2.45, 2.75) is 219 Å². The maximum absolute atomic E-state index is 12.8. The molecule has 0 saturated heterocycles. The summed E-state index contributed by atoms with van der Waals surface area (Å²) in [6, 6.07) is 0. The van der Waals surface area contributed by atoms with Crippen LogP contribution < -0.4 is 0 Å². The number of hydrogen-bond acceptors (Lipinski definition) is 6. The number of rotatable bonds is 45. The molecule has 0 aliphatic heterocycles. The molecule has 65 heavy (non-hydrogen) atoms. The summed E-state index contributed by atoms with van der Waals surface area (Å²) in [6.07, 6.45) is 71.8. The molecule has 0 saturated carbocycles. The number of carbonyl (C=O) groups excluding carboxylic acids is 3. The maximum atomic E-state index is 12.8. The molecule has 0 unspecified atom stereocenters. The van der Waals surface area contributed by atoms with Crippen molar-refractivity contribution in [2.24, 2.45) is 0 Å². The summed E-state index contributed by atoms with van der Waals surface area (Å²) in [5.74, 6) is -1.00. The van der Waals surface area contributed by atoms with Crippen LogP contribution in [-0.2, 0) is 28.6 Å². The predicted molar refractivity (Wildman–Crippen MR) is 279 cm³/mol. The van der Waals surface area contributed by atoms with Gasteiger partial charge in [0.15, 0.2) is 6.10 Å². The zero-order valence-electron chi connectivity index (χ0n) is 41.7. The molecular formula is C59H94O6. The molecule has 0 aliphatic carbocycles. The van der Waals surface area contributed by atoms with Gasteiger partial charge in [-0.1, -0.05) is 187 Å². The van der Waals surface area contributed by atoms with E-state index in [2.05, 4.69) is 142 Å². The Morgan fingerprint density at radius 2 is 0.600 bits per heavy atom. The van der Waals surface area contributed by atoms with Crippen LogP contribution in [0.4, 0.5) is 0 Å². The number of ether oxygens (including phenoxy) is 3. The minimum atomic E-state index is -0.817. The SMILES string of the molecule is CC/C=C\C/C=C\C/C=C\C/C=C\CCCCC(=O)OC[C@H](COC(=O)CCCCCC/C=C\C/C=C\C/C=C\CCCCC)OC(=O)CCCCCCC/C=C\C/C=C\C/C=C\CC. The molecule has 0 bridgehead atoms. The number of carbonyl (C=O) groups is 3. The molecule has 0 aromatic carbocycles. The Balaban J connectivity index is 4.54. The third kappa shape index (κ3) is 50.7. The first-order valence-electron chi connectivity index (χ1n) is 26.0. The first-order chi connectivity index (χ1) is 32.0. The van der Waals surface area contributed by atoms with Crippen LogP contribution in [0.2, 0.25) is 0 Å². The van der Waals surface area contributed by atoms with Crippen molar-refractivity contribution in [1.82, 2.24) is 0 Å². The average molecular weight is 899 g/mol. The Bertz CT molecular complexity index is 1400. The minimum absolute atomic E-state index is 0.114. The van der Waals surface area contributed by atoms with Gasteiger partial charge in [-0.3, -0.25) is 14.4 Å². The van der Waals surface area contributed by atoms with E-state index in [0.717, 1.165) is 141 Å². The first kappa shape index (κ1) is 60.8. The van der Waals surface area contributed by atoms with Gasteiger partial charge in [-0.15, -0.1) is 0 Å². The maximum Gasteiger partial charge on any atom is 0.306 e. The second-order valence-corrected chi connectivity index (χ2v) is 16.7. The molecule has 0 heterocycles. The molecule has 0 rings (SSSR count). The van der Waals surface area contributed by atoms with Crippen LogP contribution in [-0.4, -0.2) is 37.2 Å². The molecule has 366 valence electrons. The molecule has 6 nitrogen and oxygen atoms in total. The molecule has 0 amide bonds. The van der Waals surface area contributed by atoms with Gasteiger partial charge in [-0.05, 0) is 128 Å². The molecule has 0 aliphatic rings. The average Bonchev–Trinajstić information content (AvgIpc) is 3.30. The summed E-state index contributed by atoms with van der Waals surface area (Å²) < 4.78 is 16.7. The van der Waals surface area contributed by atoms with Crippen molar-refractivity contribution in [3.05, 3.63) is 122 Å². The summed E-state index contributed by atoms with van der Waals surface area (Å²) in [6.45, 7) is 6.29. The van der Waals surface area contributed by atoms with Gasteiger partial charge >= 0.3 is 17.9 Å². The van der Waals surface area contributed by atoms with Gasteiger partial charge in [0.2, 0.25) is 0 Å². The monoisotopic (exact) mass is 899 g/mol. The molecule has 1 atom stereocenters. The van der Waals surface area contributed by atoms with Gasteiger partial charge in [0.25, 0.3) is 0 Å². The summed E-state index contributed by atoms with van der Waals surface area (Å²) in [5.41, 5.74) is 0. The highest BCUT2D eigenvalue weighted by atomic mass is 16.6. The number of allylic oxidation sites excluding steroid dienone is 20. The van der Waals surface area contributed by atoms with Crippen LogP contribution in [0.15, 0.2) is 122 Å². The van der Waals surface area contributed by atoms with E-state index in [1.54, 1.807) is 0 Å². The third-order valence-corrected chi connectivity index (χ3v) is 10.4. The van der Waals surface area contributed by atoms with Crippen LogP contribution in [0.1, 0.15) is 213 Å². The molecule has 0 radical (unpaired) electrons. The Hall–Kier alpha value is -4.19. The van der Waals surface area contributed by atoms with E-state index in [1.807, 2.05) is 0 Å². The number of esters is 3. The highest BCUT2D eigenvalue weighted by Crippen LogP contribution is 2.12. The van der Waals surface area contributed by atoms with Gasteiger partial charge in [0.1, 0.15) is 13.2 Å². The molecule has 0 fully saturated rings. The summed E-state index contributed by atoms with van der Waals surface area (Å²) in [5, 5.41) is 0. The van der Waals surface area contributed by atoms with E-state index < -0.39 is 6.10 Å². The summed E-state index contributed by atoms with van der Waals surface area (Å²) >= 11 is 0. The molecule has 0 N–H and O–H groups in total. The van der Waals surface area contributed by atoms with Crippen LogP contribution in [0, 0.1) is 0 Å². The van der Waals surface area contributed by atoms with E-state index in [4.69, 9.17) is 14.2 Å². The fourth-order valence-corrected chi connectivity index (χ4v) is 6.57. The van der Waals surface area contributed by atoms with E-state index in [9.17, 15) is 14.4 Å². The third-order valence-electron chi connectivity index (χ3n) is 10.4. The van der Waals surface area contributed by atoms with Crippen molar-refractivity contribution >= 4 is 17.9 Å². The quantitative estimate of drug-likeness (QED) is 0.0262. The van der Waals surface area contributed by atoms with Crippen molar-refractivity contribution in [3.8, 4) is 0 Å². The Labute approximate surface area is 399 Å². The first-order valence-corrected chi connectivity index (χ1v) is 26.0. The molecule has 0 aromatic rings. The van der Waals surface area contributed by atoms with Crippen LogP contribution in [0.25, 0.3) is 0 Å². The topological polar surface area (TPSA) is 78.9 Å². The van der Waals surface area contributed by atoms with E-state index in [1.165, 1.54) is 25.7 Å². The fourth-order valence-electron chi connectivity index (χ4n) is 6.57. The van der Waals surface area contributed by atoms with Crippen LogP contribution >= 0.6 is 0 Å². The van der Waals surface area contributed by atoms with E-state index >= 15 is 0 Å². The van der Waals surface area contributed by atoms with Gasteiger partial charge in [-0.2, -0.15) is 0 Å². The number of unbranched alkanes of at least 4 members (excludes halogenated alkanes) is 14. The van der Waals surface area contributed by atoms with Crippen molar-refractivity contribution in [2.75, 3.05) is 13.2 Å². The standard InChI is InChI=1S/C59H94O6/c1-4-7-10-13-16-19-22-25-28-29-32-34-37-40-43-46-49-52-58(61)64-55-56(65-59(62)53-50-47-44-41-38-35-31-27-24-21-18-15-12-9-6-3)54-63-57(60)51-48-45-42-39-36-33-30-26-23-20-17-14-11-8-5-2/h8-9,11-12,16-21,25-28,30-32,34,36,39,56H,4-7,10,13-15,22-24,29,33,35,37-38,40-55H2,1-3H3/b11-8-,12-9-,19-16-,20-17-,21-18-,28-25-,30-26-,31-27-,34-32-,39-36-/t56-/m1/s1. The lowest BCUT2D eigenvalue weighted by atomic mass is 10.1. The van der Waals surface area contributed by atoms with Crippen molar-refractivity contribution in [1.29, 1.82) is 0 Å². The summed E-state index contributed by atoms with van der Waals surface area (Å²) in [7, 11) is 0. The van der Waals surface area contributed by atoms with Crippen LogP contribution in [0.5, 0.6) is 0 Å². The van der Waals surface area contributed by atoms with Gasteiger partial charge < -0.3 is 14.2 Å². The molecule has 6 heteroatoms. The lowest BCUT2D eigenvalue weighted by molar-refractivity contribution is -0.167. The van der Waals surface area contributed by atoms with Gasteiger partial charge in [0, 0.05) is 19.3 Å². The molecule has 0 aromatic heterocycles. The zero-order valence-corrected chi connectivity index (χ0v) is 41.7. The largest absolute Gasteiger partial charge is 0.462 e. The molecular weight excluding hydrogens is 805 g/mol. The second-order valence-electron chi connectivity index (χ2n) is 16.7. The zero-order chi connectivity index (χ0) is 47.2. The number of hydrogen-bond donors (Lipinski definition) is 0. The van der Waals surface area contributed by atoms with E-state index in [0.29, 0.717) is 19.3 Å². The van der Waals surface area contributed by atoms with Crippen LogP contribution in [0.3, 0.4) is 0 Å². The Kier molecular flexibility index (Phi) is 49.1. The molecule has 0 spiro atoms. The van der Waals surface area contributed by atoms with Crippen molar-refractivity contribution in [3.63, 3.8) is 0 Å². The second kappa shape index (κ2) is 52.4. The lowest BCUT2D eigenvalue weighted by Gasteiger charge is -2.18. The summed E-state index contributed by atoms with van der Waals surface area (Å²) in [4.78, 5) is 38.0. The Morgan fingerprint density at radius 3 is 0.969 bits per heavy atom. The lowest BCUT2D eigenvalue weighted by Crippen LogP contribution is -2.30. The fraction of sp³-hybridized carbons (Fsp3) is 0.610.